The summed E-state index contributed by atoms with van der Waals surface area (Å²) < 4.78 is 5.81. The van der Waals surface area contributed by atoms with E-state index in [4.69, 9.17) is 27.9 Å². The van der Waals surface area contributed by atoms with E-state index < -0.39 is 0 Å². The fourth-order valence-electron chi connectivity index (χ4n) is 1.78. The smallest absolute Gasteiger partial charge is 0.130 e. The molecule has 2 aromatic rings. The highest BCUT2D eigenvalue weighted by Gasteiger charge is 2.05. The Morgan fingerprint density at radius 1 is 1.11 bits per heavy atom. The van der Waals surface area contributed by atoms with Gasteiger partial charge in [-0.15, -0.1) is 0 Å². The molecule has 100 valence electrons. The predicted molar refractivity (Wildman–Crippen MR) is 80.5 cm³/mol. The molecule has 0 atom stereocenters. The molecule has 0 saturated heterocycles. The third-order valence-corrected chi connectivity index (χ3v) is 3.34. The van der Waals surface area contributed by atoms with Crippen molar-refractivity contribution < 1.29 is 4.74 Å². The van der Waals surface area contributed by atoms with Gasteiger partial charge in [-0.2, -0.15) is 0 Å². The van der Waals surface area contributed by atoms with E-state index >= 15 is 0 Å². The number of aryl methyl sites for hydroxylation is 1. The number of nitrogens with one attached hydrogen (secondary N) is 1. The van der Waals surface area contributed by atoms with Crippen molar-refractivity contribution in [3.8, 4) is 11.5 Å². The summed E-state index contributed by atoms with van der Waals surface area (Å²) in [7, 11) is 1.89. The number of ether oxygens (including phenoxy) is 1. The molecule has 0 unspecified atom stereocenters. The van der Waals surface area contributed by atoms with Gasteiger partial charge < -0.3 is 10.1 Å². The van der Waals surface area contributed by atoms with Crippen LogP contribution in [0.1, 0.15) is 11.1 Å². The molecule has 0 aliphatic heterocycles. The van der Waals surface area contributed by atoms with Crippen molar-refractivity contribution in [1.82, 2.24) is 5.32 Å². The van der Waals surface area contributed by atoms with Gasteiger partial charge in [0, 0.05) is 16.6 Å². The maximum atomic E-state index is 6.20. The summed E-state index contributed by atoms with van der Waals surface area (Å²) in [5.74, 6) is 1.50. The van der Waals surface area contributed by atoms with E-state index in [0.717, 1.165) is 29.2 Å². The molecular formula is C15H15Cl2NO. The van der Waals surface area contributed by atoms with E-state index in [-0.39, 0.29) is 0 Å². The van der Waals surface area contributed by atoms with Gasteiger partial charge in [0.15, 0.2) is 0 Å². The SMILES string of the molecule is CNCc1ccc(Oc2ccc(Cl)cc2C)cc1Cl. The molecule has 0 aromatic heterocycles. The molecular weight excluding hydrogens is 281 g/mol. The van der Waals surface area contributed by atoms with E-state index in [2.05, 4.69) is 5.32 Å². The quantitative estimate of drug-likeness (QED) is 0.874. The first-order valence-corrected chi connectivity index (χ1v) is 6.73. The largest absolute Gasteiger partial charge is 0.457 e. The number of benzene rings is 2. The maximum absolute atomic E-state index is 6.20. The molecule has 2 nitrogen and oxygen atoms in total. The zero-order valence-corrected chi connectivity index (χ0v) is 12.3. The van der Waals surface area contributed by atoms with Crippen LogP contribution in [0.2, 0.25) is 10.0 Å². The molecule has 0 fully saturated rings. The Morgan fingerprint density at radius 3 is 2.53 bits per heavy atom. The lowest BCUT2D eigenvalue weighted by atomic mass is 10.2. The van der Waals surface area contributed by atoms with Gasteiger partial charge in [-0.25, -0.2) is 0 Å². The van der Waals surface area contributed by atoms with Crippen LogP contribution in [0.4, 0.5) is 0 Å². The van der Waals surface area contributed by atoms with Gasteiger partial charge in [-0.05, 0) is 55.4 Å². The maximum Gasteiger partial charge on any atom is 0.130 e. The minimum Gasteiger partial charge on any atom is -0.457 e. The van der Waals surface area contributed by atoms with Crippen LogP contribution in [-0.2, 0) is 6.54 Å². The number of hydrogen-bond donors (Lipinski definition) is 1. The second kappa shape index (κ2) is 6.29. The van der Waals surface area contributed by atoms with E-state index in [0.29, 0.717) is 10.0 Å². The van der Waals surface area contributed by atoms with Gasteiger partial charge >= 0.3 is 0 Å². The third kappa shape index (κ3) is 3.63. The van der Waals surface area contributed by atoms with Crippen molar-refractivity contribution >= 4 is 23.2 Å². The number of halogens is 2. The van der Waals surface area contributed by atoms with Crippen LogP contribution in [0.3, 0.4) is 0 Å². The Kier molecular flexibility index (Phi) is 4.70. The third-order valence-electron chi connectivity index (χ3n) is 2.76. The monoisotopic (exact) mass is 295 g/mol. The Labute approximate surface area is 123 Å². The molecule has 0 spiro atoms. The summed E-state index contributed by atoms with van der Waals surface area (Å²) in [5, 5.41) is 4.46. The van der Waals surface area contributed by atoms with Crippen molar-refractivity contribution in [2.45, 2.75) is 13.5 Å². The highest BCUT2D eigenvalue weighted by molar-refractivity contribution is 6.31. The second-order valence-electron chi connectivity index (χ2n) is 4.30. The van der Waals surface area contributed by atoms with Crippen LogP contribution in [0.5, 0.6) is 11.5 Å². The molecule has 0 heterocycles. The van der Waals surface area contributed by atoms with Gasteiger partial charge in [-0.1, -0.05) is 29.3 Å². The molecule has 0 amide bonds. The normalized spacial score (nSPS) is 10.5. The Hall–Kier alpha value is -1.22. The minimum absolute atomic E-state index is 0.693. The van der Waals surface area contributed by atoms with Crippen molar-refractivity contribution in [2.75, 3.05) is 7.05 Å². The standard InChI is InChI=1S/C15H15Cl2NO/c1-10-7-12(16)4-6-15(10)19-13-5-3-11(9-18-2)14(17)8-13/h3-8,18H,9H2,1-2H3. The van der Waals surface area contributed by atoms with Crippen molar-refractivity contribution in [3.63, 3.8) is 0 Å². The molecule has 0 bridgehead atoms. The summed E-state index contributed by atoms with van der Waals surface area (Å²) in [6.07, 6.45) is 0. The Morgan fingerprint density at radius 2 is 1.89 bits per heavy atom. The zero-order chi connectivity index (χ0) is 13.8. The van der Waals surface area contributed by atoms with Crippen LogP contribution < -0.4 is 10.1 Å². The van der Waals surface area contributed by atoms with Crippen molar-refractivity contribution in [3.05, 3.63) is 57.6 Å². The highest BCUT2D eigenvalue weighted by atomic mass is 35.5. The Bertz CT molecular complexity index is 584. The van der Waals surface area contributed by atoms with Crippen molar-refractivity contribution in [2.24, 2.45) is 0 Å². The topological polar surface area (TPSA) is 21.3 Å². The number of rotatable bonds is 4. The minimum atomic E-state index is 0.693. The summed E-state index contributed by atoms with van der Waals surface area (Å²) in [5.41, 5.74) is 2.03. The van der Waals surface area contributed by atoms with E-state index in [9.17, 15) is 0 Å². The first kappa shape index (κ1) is 14.2. The lowest BCUT2D eigenvalue weighted by Gasteiger charge is -2.11. The van der Waals surface area contributed by atoms with Gasteiger partial charge in [0.2, 0.25) is 0 Å². The predicted octanol–water partition coefficient (Wildman–Crippen LogP) is 4.81. The summed E-state index contributed by atoms with van der Waals surface area (Å²) in [6.45, 7) is 2.69. The molecule has 2 rings (SSSR count). The summed E-state index contributed by atoms with van der Waals surface area (Å²) >= 11 is 12.1. The van der Waals surface area contributed by atoms with Gasteiger partial charge in [-0.3, -0.25) is 0 Å². The molecule has 1 N–H and O–H groups in total. The average molecular weight is 296 g/mol. The number of hydrogen-bond acceptors (Lipinski definition) is 2. The molecule has 2 aromatic carbocycles. The average Bonchev–Trinajstić information content (AvgIpc) is 2.36. The molecule has 4 heteroatoms. The van der Waals surface area contributed by atoms with Crippen molar-refractivity contribution in [1.29, 1.82) is 0 Å². The molecule has 0 aliphatic rings. The van der Waals surface area contributed by atoms with E-state index in [1.807, 2.05) is 44.3 Å². The summed E-state index contributed by atoms with van der Waals surface area (Å²) in [6, 6.07) is 11.2. The Balaban J connectivity index is 2.21. The second-order valence-corrected chi connectivity index (χ2v) is 5.14. The van der Waals surface area contributed by atoms with E-state index in [1.165, 1.54) is 0 Å². The zero-order valence-electron chi connectivity index (χ0n) is 10.8. The molecule has 0 saturated carbocycles. The van der Waals surface area contributed by atoms with Crippen LogP contribution >= 0.6 is 23.2 Å². The van der Waals surface area contributed by atoms with Crippen LogP contribution in [0.25, 0.3) is 0 Å². The highest BCUT2D eigenvalue weighted by Crippen LogP contribution is 2.30. The fourth-order valence-corrected chi connectivity index (χ4v) is 2.24. The van der Waals surface area contributed by atoms with Gasteiger partial charge in [0.1, 0.15) is 11.5 Å². The molecule has 0 aliphatic carbocycles. The summed E-state index contributed by atoms with van der Waals surface area (Å²) in [4.78, 5) is 0. The lowest BCUT2D eigenvalue weighted by molar-refractivity contribution is 0.478. The van der Waals surface area contributed by atoms with Crippen LogP contribution in [0, 0.1) is 6.92 Å². The molecule has 0 radical (unpaired) electrons. The lowest BCUT2D eigenvalue weighted by Crippen LogP contribution is -2.05. The van der Waals surface area contributed by atoms with Crippen LogP contribution in [-0.4, -0.2) is 7.05 Å². The van der Waals surface area contributed by atoms with E-state index in [1.54, 1.807) is 6.07 Å². The first-order valence-electron chi connectivity index (χ1n) is 5.97. The van der Waals surface area contributed by atoms with Gasteiger partial charge in [0.05, 0.1) is 0 Å². The van der Waals surface area contributed by atoms with Gasteiger partial charge in [0.25, 0.3) is 0 Å². The van der Waals surface area contributed by atoms with Crippen LogP contribution in [0.15, 0.2) is 36.4 Å². The molecule has 19 heavy (non-hydrogen) atoms. The fraction of sp³-hybridized carbons (Fsp3) is 0.200. The first-order chi connectivity index (χ1) is 9.10.